The summed E-state index contributed by atoms with van der Waals surface area (Å²) in [6.07, 6.45) is 0. The second kappa shape index (κ2) is 6.17. The van der Waals surface area contributed by atoms with E-state index in [2.05, 4.69) is 47.8 Å². The minimum Gasteiger partial charge on any atom is -0.497 e. The smallest absolute Gasteiger partial charge is 0.119 e. The molecule has 0 bridgehead atoms. The normalized spacial score (nSPS) is 16.7. The molecule has 0 radical (unpaired) electrons. The Kier molecular flexibility index (Phi) is 3.87. The number of fused-ring (bicyclic) bond motifs is 2. The van der Waals surface area contributed by atoms with Gasteiger partial charge in [-0.3, -0.25) is 0 Å². The molecule has 0 unspecified atom stereocenters. The number of rotatable bonds is 3. The number of nitrogens with one attached hydrogen (secondary N) is 1. The van der Waals surface area contributed by atoms with Gasteiger partial charge in [-0.1, -0.05) is 30.3 Å². The van der Waals surface area contributed by atoms with Gasteiger partial charge in [0.05, 0.1) is 14.2 Å². The van der Waals surface area contributed by atoms with Crippen LogP contribution in [0.5, 0.6) is 11.5 Å². The molecule has 122 valence electrons. The summed E-state index contributed by atoms with van der Waals surface area (Å²) in [5, 5.41) is 5.97. The SMILES string of the molecule is COc1ccc2c(c1)[C@@H](c1ccc3cc(OC)ccc3c1)CNC2. The fraction of sp³-hybridized carbons (Fsp3) is 0.238. The van der Waals surface area contributed by atoms with Gasteiger partial charge in [-0.2, -0.15) is 0 Å². The lowest BCUT2D eigenvalue weighted by atomic mass is 9.84. The summed E-state index contributed by atoms with van der Waals surface area (Å²) in [4.78, 5) is 0. The number of ether oxygens (including phenoxy) is 2. The van der Waals surface area contributed by atoms with Crippen molar-refractivity contribution in [2.45, 2.75) is 12.5 Å². The van der Waals surface area contributed by atoms with Crippen molar-refractivity contribution in [1.82, 2.24) is 5.32 Å². The fourth-order valence-corrected chi connectivity index (χ4v) is 3.53. The zero-order chi connectivity index (χ0) is 16.5. The highest BCUT2D eigenvalue weighted by molar-refractivity contribution is 5.84. The van der Waals surface area contributed by atoms with E-state index in [4.69, 9.17) is 9.47 Å². The standard InChI is InChI=1S/C21H21NO2/c1-23-18-7-5-14-9-16(4-3-15(14)10-18)21-13-22-12-17-6-8-19(24-2)11-20(17)21/h3-11,21-22H,12-13H2,1-2H3/t21-/m1/s1. The minimum atomic E-state index is 0.343. The first-order chi connectivity index (χ1) is 11.8. The van der Waals surface area contributed by atoms with Gasteiger partial charge >= 0.3 is 0 Å². The van der Waals surface area contributed by atoms with Crippen molar-refractivity contribution in [2.24, 2.45) is 0 Å². The summed E-state index contributed by atoms with van der Waals surface area (Å²) in [6.45, 7) is 1.86. The molecule has 24 heavy (non-hydrogen) atoms. The number of methoxy groups -OCH3 is 2. The van der Waals surface area contributed by atoms with Crippen LogP contribution in [0.3, 0.4) is 0 Å². The van der Waals surface area contributed by atoms with E-state index < -0.39 is 0 Å². The molecule has 1 aliphatic heterocycles. The summed E-state index contributed by atoms with van der Waals surface area (Å²) in [6, 6.07) is 19.3. The van der Waals surface area contributed by atoms with Gasteiger partial charge in [0.15, 0.2) is 0 Å². The van der Waals surface area contributed by atoms with Crippen molar-refractivity contribution in [2.75, 3.05) is 20.8 Å². The Balaban J connectivity index is 1.78. The topological polar surface area (TPSA) is 30.5 Å². The zero-order valence-electron chi connectivity index (χ0n) is 14.0. The Morgan fingerprint density at radius 3 is 2.38 bits per heavy atom. The molecule has 3 heteroatoms. The lowest BCUT2D eigenvalue weighted by Crippen LogP contribution is -2.28. The van der Waals surface area contributed by atoms with Gasteiger partial charge in [0.1, 0.15) is 11.5 Å². The highest BCUT2D eigenvalue weighted by Gasteiger charge is 2.22. The van der Waals surface area contributed by atoms with E-state index in [0.29, 0.717) is 5.92 Å². The van der Waals surface area contributed by atoms with Gasteiger partial charge < -0.3 is 14.8 Å². The van der Waals surface area contributed by atoms with Gasteiger partial charge in [0.2, 0.25) is 0 Å². The van der Waals surface area contributed by atoms with Crippen molar-refractivity contribution >= 4 is 10.8 Å². The second-order valence-corrected chi connectivity index (χ2v) is 6.22. The first-order valence-electron chi connectivity index (χ1n) is 8.24. The predicted octanol–water partition coefficient (Wildman–Crippen LogP) is 4.09. The lowest BCUT2D eigenvalue weighted by molar-refractivity contribution is 0.413. The predicted molar refractivity (Wildman–Crippen MR) is 97.0 cm³/mol. The Morgan fingerprint density at radius 2 is 1.54 bits per heavy atom. The molecule has 0 aliphatic carbocycles. The van der Waals surface area contributed by atoms with E-state index >= 15 is 0 Å². The summed E-state index contributed by atoms with van der Waals surface area (Å²) in [5.74, 6) is 2.16. The molecule has 0 spiro atoms. The molecule has 4 rings (SSSR count). The van der Waals surface area contributed by atoms with E-state index in [0.717, 1.165) is 24.6 Å². The Hall–Kier alpha value is -2.52. The molecular formula is C21H21NO2. The average Bonchev–Trinajstić information content (AvgIpc) is 2.66. The van der Waals surface area contributed by atoms with Crippen molar-refractivity contribution in [1.29, 1.82) is 0 Å². The molecule has 3 aromatic carbocycles. The van der Waals surface area contributed by atoms with E-state index in [1.807, 2.05) is 12.1 Å². The van der Waals surface area contributed by atoms with Crippen LogP contribution in [0.25, 0.3) is 10.8 Å². The van der Waals surface area contributed by atoms with Crippen molar-refractivity contribution in [3.05, 3.63) is 71.3 Å². The average molecular weight is 319 g/mol. The van der Waals surface area contributed by atoms with Crippen LogP contribution in [-0.2, 0) is 6.54 Å². The maximum Gasteiger partial charge on any atom is 0.119 e. The lowest BCUT2D eigenvalue weighted by Gasteiger charge is -2.27. The molecule has 1 N–H and O–H groups in total. The van der Waals surface area contributed by atoms with Crippen LogP contribution in [0, 0.1) is 0 Å². The first-order valence-corrected chi connectivity index (χ1v) is 8.24. The van der Waals surface area contributed by atoms with Gasteiger partial charge in [0, 0.05) is 19.0 Å². The monoisotopic (exact) mass is 319 g/mol. The van der Waals surface area contributed by atoms with Gasteiger partial charge in [-0.15, -0.1) is 0 Å². The molecule has 1 heterocycles. The fourth-order valence-electron chi connectivity index (χ4n) is 3.53. The molecule has 0 amide bonds. The van der Waals surface area contributed by atoms with E-state index in [1.54, 1.807) is 14.2 Å². The van der Waals surface area contributed by atoms with E-state index in [1.165, 1.54) is 27.5 Å². The highest BCUT2D eigenvalue weighted by Crippen LogP contribution is 2.34. The summed E-state index contributed by atoms with van der Waals surface area (Å²) < 4.78 is 10.7. The quantitative estimate of drug-likeness (QED) is 0.788. The Morgan fingerprint density at radius 1 is 0.833 bits per heavy atom. The molecule has 1 aliphatic rings. The first kappa shape index (κ1) is 15.0. The molecule has 0 aromatic heterocycles. The molecule has 1 atom stereocenters. The summed E-state index contributed by atoms with van der Waals surface area (Å²) in [5.41, 5.74) is 4.04. The van der Waals surface area contributed by atoms with Crippen molar-refractivity contribution < 1.29 is 9.47 Å². The van der Waals surface area contributed by atoms with Gasteiger partial charge in [0.25, 0.3) is 0 Å². The van der Waals surface area contributed by atoms with E-state index in [-0.39, 0.29) is 0 Å². The molecule has 0 saturated carbocycles. The number of benzene rings is 3. The molecule has 3 nitrogen and oxygen atoms in total. The number of hydrogen-bond acceptors (Lipinski definition) is 3. The maximum absolute atomic E-state index is 5.43. The zero-order valence-corrected chi connectivity index (χ0v) is 14.0. The Labute approximate surface area is 142 Å². The van der Waals surface area contributed by atoms with Crippen LogP contribution in [-0.4, -0.2) is 20.8 Å². The molecule has 0 fully saturated rings. The van der Waals surface area contributed by atoms with Crippen molar-refractivity contribution in [3.63, 3.8) is 0 Å². The maximum atomic E-state index is 5.43. The van der Waals surface area contributed by atoms with Crippen LogP contribution < -0.4 is 14.8 Å². The summed E-state index contributed by atoms with van der Waals surface area (Å²) in [7, 11) is 3.43. The minimum absolute atomic E-state index is 0.343. The largest absolute Gasteiger partial charge is 0.497 e. The third kappa shape index (κ3) is 2.61. The van der Waals surface area contributed by atoms with Crippen LogP contribution in [0.15, 0.2) is 54.6 Å². The molecular weight excluding hydrogens is 298 g/mol. The van der Waals surface area contributed by atoms with Crippen LogP contribution in [0.4, 0.5) is 0 Å². The molecule has 3 aromatic rings. The second-order valence-electron chi connectivity index (χ2n) is 6.22. The van der Waals surface area contributed by atoms with Crippen LogP contribution in [0.2, 0.25) is 0 Å². The van der Waals surface area contributed by atoms with Crippen molar-refractivity contribution in [3.8, 4) is 11.5 Å². The van der Waals surface area contributed by atoms with Crippen LogP contribution in [0.1, 0.15) is 22.6 Å². The van der Waals surface area contributed by atoms with E-state index in [9.17, 15) is 0 Å². The summed E-state index contributed by atoms with van der Waals surface area (Å²) >= 11 is 0. The number of hydrogen-bond donors (Lipinski definition) is 1. The third-order valence-electron chi connectivity index (χ3n) is 4.87. The van der Waals surface area contributed by atoms with Gasteiger partial charge in [-0.25, -0.2) is 0 Å². The molecule has 0 saturated heterocycles. The Bertz CT molecular complexity index is 888. The van der Waals surface area contributed by atoms with Crippen LogP contribution >= 0.6 is 0 Å². The van der Waals surface area contributed by atoms with Gasteiger partial charge in [-0.05, 0) is 51.7 Å². The third-order valence-corrected chi connectivity index (χ3v) is 4.87. The highest BCUT2D eigenvalue weighted by atomic mass is 16.5.